The third kappa shape index (κ3) is 3.70. The molecule has 0 fully saturated rings. The van der Waals surface area contributed by atoms with Crippen LogP contribution in [0.4, 0.5) is 8.78 Å². The smallest absolute Gasteiger partial charge is 0.210 e. The monoisotopic (exact) mass is 399 g/mol. The number of hydrogen-bond acceptors (Lipinski definition) is 7. The van der Waals surface area contributed by atoms with Gasteiger partial charge >= 0.3 is 0 Å². The minimum absolute atomic E-state index is 0.0650. The lowest BCUT2D eigenvalue weighted by molar-refractivity contribution is 0.102. The van der Waals surface area contributed by atoms with Gasteiger partial charge in [-0.05, 0) is 42.5 Å². The molecule has 0 radical (unpaired) electrons. The molecule has 28 heavy (non-hydrogen) atoms. The quantitative estimate of drug-likeness (QED) is 0.345. The van der Waals surface area contributed by atoms with Crippen LogP contribution in [-0.4, -0.2) is 26.7 Å². The van der Waals surface area contributed by atoms with Crippen molar-refractivity contribution < 1.29 is 22.4 Å². The molecule has 0 bridgehead atoms. The highest BCUT2D eigenvalue weighted by Crippen LogP contribution is 2.30. The standard InChI is InChI=1S/C19H11F2N3O3S/c20-12-6-5-11(9-13(12)21)14(25)10-28-19-22-17(15-3-1-7-26-15)18(23-24-19)16-4-2-8-27-16/h1-9H,10H2. The Labute approximate surface area is 161 Å². The number of thioether (sulfide) groups is 1. The molecule has 3 heterocycles. The summed E-state index contributed by atoms with van der Waals surface area (Å²) in [5.41, 5.74) is 0.881. The summed E-state index contributed by atoms with van der Waals surface area (Å²) in [5.74, 6) is -1.59. The van der Waals surface area contributed by atoms with Gasteiger partial charge in [-0.3, -0.25) is 4.79 Å². The summed E-state index contributed by atoms with van der Waals surface area (Å²) in [6.45, 7) is 0. The SMILES string of the molecule is O=C(CSc1nnc(-c2ccco2)c(-c2ccco2)n1)c1ccc(F)c(F)c1. The first-order valence-electron chi connectivity index (χ1n) is 8.05. The summed E-state index contributed by atoms with van der Waals surface area (Å²) in [6.07, 6.45) is 3.01. The van der Waals surface area contributed by atoms with E-state index in [1.165, 1.54) is 18.6 Å². The van der Waals surface area contributed by atoms with E-state index in [1.807, 2.05) is 0 Å². The highest BCUT2D eigenvalue weighted by Gasteiger charge is 2.19. The van der Waals surface area contributed by atoms with Crippen LogP contribution < -0.4 is 0 Å². The largest absolute Gasteiger partial charge is 0.463 e. The van der Waals surface area contributed by atoms with Gasteiger partial charge < -0.3 is 8.83 Å². The maximum absolute atomic E-state index is 13.3. The van der Waals surface area contributed by atoms with Crippen molar-refractivity contribution in [3.63, 3.8) is 0 Å². The molecule has 0 atom stereocenters. The average Bonchev–Trinajstić information content (AvgIpc) is 3.42. The number of carbonyl (C=O) groups excluding carboxylic acids is 1. The van der Waals surface area contributed by atoms with Gasteiger partial charge in [0.2, 0.25) is 5.16 Å². The van der Waals surface area contributed by atoms with Crippen LogP contribution in [0.2, 0.25) is 0 Å². The molecule has 0 unspecified atom stereocenters. The van der Waals surface area contributed by atoms with Crippen LogP contribution in [0.25, 0.3) is 22.9 Å². The fraction of sp³-hybridized carbons (Fsp3) is 0.0526. The number of Topliss-reactive ketones (excluding diaryl/α,β-unsaturated/α-hetero) is 1. The van der Waals surface area contributed by atoms with Crippen molar-refractivity contribution >= 4 is 17.5 Å². The molecular formula is C19H11F2N3O3S. The van der Waals surface area contributed by atoms with E-state index in [-0.39, 0.29) is 22.3 Å². The van der Waals surface area contributed by atoms with Crippen LogP contribution in [0, 0.1) is 11.6 Å². The molecule has 0 spiro atoms. The first-order chi connectivity index (χ1) is 13.6. The zero-order valence-electron chi connectivity index (χ0n) is 14.1. The number of hydrogen-bond donors (Lipinski definition) is 0. The van der Waals surface area contributed by atoms with Crippen molar-refractivity contribution in [3.05, 3.63) is 72.2 Å². The van der Waals surface area contributed by atoms with Crippen molar-refractivity contribution in [2.45, 2.75) is 5.16 Å². The molecule has 3 aromatic heterocycles. The number of rotatable bonds is 6. The fourth-order valence-electron chi connectivity index (χ4n) is 2.42. The summed E-state index contributed by atoms with van der Waals surface area (Å²) in [4.78, 5) is 16.6. The molecule has 0 aliphatic rings. The molecule has 9 heteroatoms. The number of furan rings is 2. The summed E-state index contributed by atoms with van der Waals surface area (Å²) in [6, 6.07) is 9.88. The Morgan fingerprint density at radius 3 is 2.29 bits per heavy atom. The van der Waals surface area contributed by atoms with Gasteiger partial charge in [0, 0.05) is 5.56 Å². The molecule has 0 N–H and O–H groups in total. The van der Waals surface area contributed by atoms with Crippen LogP contribution in [0.1, 0.15) is 10.4 Å². The zero-order valence-corrected chi connectivity index (χ0v) is 15.0. The molecule has 4 rings (SSSR count). The molecular weight excluding hydrogens is 388 g/mol. The Kier molecular flexibility index (Phi) is 4.98. The normalized spacial score (nSPS) is 10.9. The van der Waals surface area contributed by atoms with Crippen LogP contribution in [0.5, 0.6) is 0 Å². The van der Waals surface area contributed by atoms with Crippen molar-refractivity contribution in [3.8, 4) is 22.9 Å². The van der Waals surface area contributed by atoms with E-state index in [4.69, 9.17) is 8.83 Å². The van der Waals surface area contributed by atoms with Crippen molar-refractivity contribution in [2.24, 2.45) is 0 Å². The second-order valence-electron chi connectivity index (χ2n) is 5.59. The van der Waals surface area contributed by atoms with Gasteiger partial charge in [0.25, 0.3) is 0 Å². The maximum atomic E-state index is 13.3. The highest BCUT2D eigenvalue weighted by molar-refractivity contribution is 7.99. The first-order valence-corrected chi connectivity index (χ1v) is 9.04. The van der Waals surface area contributed by atoms with Gasteiger partial charge in [0.15, 0.2) is 34.6 Å². The zero-order chi connectivity index (χ0) is 19.5. The van der Waals surface area contributed by atoms with E-state index < -0.39 is 11.6 Å². The molecule has 0 aliphatic heterocycles. The number of aromatic nitrogens is 3. The summed E-state index contributed by atoms with van der Waals surface area (Å²) in [5, 5.41) is 8.40. The lowest BCUT2D eigenvalue weighted by Gasteiger charge is -2.05. The number of benzene rings is 1. The Morgan fingerprint density at radius 2 is 1.64 bits per heavy atom. The molecule has 0 amide bonds. The molecule has 0 saturated carbocycles. The van der Waals surface area contributed by atoms with Crippen LogP contribution in [-0.2, 0) is 0 Å². The van der Waals surface area contributed by atoms with E-state index in [0.717, 1.165) is 23.9 Å². The third-order valence-corrected chi connectivity index (χ3v) is 4.59. The fourth-order valence-corrected chi connectivity index (χ4v) is 3.10. The topological polar surface area (TPSA) is 82.0 Å². The van der Waals surface area contributed by atoms with Crippen molar-refractivity contribution in [1.29, 1.82) is 0 Å². The van der Waals surface area contributed by atoms with Crippen molar-refractivity contribution in [2.75, 3.05) is 5.75 Å². The second kappa shape index (κ2) is 7.73. The van der Waals surface area contributed by atoms with Gasteiger partial charge in [-0.2, -0.15) is 0 Å². The molecule has 4 aromatic rings. The molecule has 0 saturated heterocycles. The first kappa shape index (κ1) is 18.1. The summed E-state index contributed by atoms with van der Waals surface area (Å²) >= 11 is 1.03. The van der Waals surface area contributed by atoms with Crippen LogP contribution in [0.3, 0.4) is 0 Å². The van der Waals surface area contributed by atoms with Gasteiger partial charge in [-0.25, -0.2) is 13.8 Å². The average molecular weight is 399 g/mol. The second-order valence-corrected chi connectivity index (χ2v) is 6.53. The van der Waals surface area contributed by atoms with E-state index in [9.17, 15) is 13.6 Å². The molecule has 0 aliphatic carbocycles. The predicted molar refractivity (Wildman–Crippen MR) is 96.6 cm³/mol. The molecule has 6 nitrogen and oxygen atoms in total. The third-order valence-electron chi connectivity index (χ3n) is 3.75. The van der Waals surface area contributed by atoms with E-state index in [0.29, 0.717) is 22.9 Å². The highest BCUT2D eigenvalue weighted by atomic mass is 32.2. The number of halogens is 2. The van der Waals surface area contributed by atoms with Crippen molar-refractivity contribution in [1.82, 2.24) is 15.2 Å². The Bertz CT molecular complexity index is 1120. The van der Waals surface area contributed by atoms with Gasteiger partial charge in [0.1, 0.15) is 5.69 Å². The van der Waals surface area contributed by atoms with E-state index >= 15 is 0 Å². The van der Waals surface area contributed by atoms with Gasteiger partial charge in [0.05, 0.1) is 18.3 Å². The number of nitrogens with zero attached hydrogens (tertiary/aromatic N) is 3. The summed E-state index contributed by atoms with van der Waals surface area (Å²) in [7, 11) is 0. The Balaban J connectivity index is 1.58. The minimum Gasteiger partial charge on any atom is -0.463 e. The molecule has 140 valence electrons. The lowest BCUT2D eigenvalue weighted by atomic mass is 10.1. The number of ketones is 1. The predicted octanol–water partition coefficient (Wildman–Crippen LogP) is 4.64. The van der Waals surface area contributed by atoms with E-state index in [1.54, 1.807) is 24.3 Å². The lowest BCUT2D eigenvalue weighted by Crippen LogP contribution is -2.05. The van der Waals surface area contributed by atoms with Crippen LogP contribution in [0.15, 0.2) is 69.0 Å². The van der Waals surface area contributed by atoms with E-state index in [2.05, 4.69) is 15.2 Å². The van der Waals surface area contributed by atoms with Gasteiger partial charge in [-0.15, -0.1) is 10.2 Å². The van der Waals surface area contributed by atoms with Gasteiger partial charge in [-0.1, -0.05) is 11.8 Å². The minimum atomic E-state index is -1.07. The molecule has 1 aromatic carbocycles. The Morgan fingerprint density at radius 1 is 0.929 bits per heavy atom. The Hall–Kier alpha value is -3.33. The maximum Gasteiger partial charge on any atom is 0.210 e. The number of carbonyl (C=O) groups is 1. The summed E-state index contributed by atoms with van der Waals surface area (Å²) < 4.78 is 37.1. The van der Waals surface area contributed by atoms with Crippen LogP contribution >= 0.6 is 11.8 Å².